The highest BCUT2D eigenvalue weighted by Crippen LogP contribution is 2.19. The maximum absolute atomic E-state index is 11.3. The van der Waals surface area contributed by atoms with Gasteiger partial charge >= 0.3 is 5.97 Å². The predicted octanol–water partition coefficient (Wildman–Crippen LogP) is 0.814. The van der Waals surface area contributed by atoms with E-state index in [1.165, 1.54) is 18.2 Å². The second-order valence-electron chi connectivity index (χ2n) is 3.77. The van der Waals surface area contributed by atoms with Gasteiger partial charge in [0.2, 0.25) is 0 Å². The van der Waals surface area contributed by atoms with E-state index >= 15 is 0 Å². The number of hydrogen-bond acceptors (Lipinski definition) is 5. The molecule has 0 spiro atoms. The van der Waals surface area contributed by atoms with Crippen LogP contribution in [0.15, 0.2) is 18.2 Å². The Bertz CT molecular complexity index is 540. The molecule has 0 aliphatic carbocycles. The van der Waals surface area contributed by atoms with E-state index in [1.54, 1.807) is 6.92 Å². The normalized spacial score (nSPS) is 11.2. The summed E-state index contributed by atoms with van der Waals surface area (Å²) in [6, 6.07) is 4.34. The molecule has 0 atom stereocenters. The number of nitrogen functional groups attached to an aromatic ring is 1. The van der Waals surface area contributed by atoms with Crippen LogP contribution in [0.25, 0.3) is 0 Å². The van der Waals surface area contributed by atoms with Crippen molar-refractivity contribution in [1.82, 2.24) is 0 Å². The summed E-state index contributed by atoms with van der Waals surface area (Å²) in [5, 5.41) is 11.7. The first-order valence-electron chi connectivity index (χ1n) is 5.43. The highest BCUT2D eigenvalue weighted by Gasteiger charge is 2.11. The van der Waals surface area contributed by atoms with Gasteiger partial charge in [0.25, 0.3) is 0 Å². The number of carboxylic acid groups (broad SMARTS) is 1. The number of carbonyl (C=O) groups is 1. The molecule has 0 fully saturated rings. The van der Waals surface area contributed by atoms with Crippen LogP contribution < -0.4 is 11.1 Å². The average Bonchev–Trinajstić information content (AvgIpc) is 2.28. The summed E-state index contributed by atoms with van der Waals surface area (Å²) in [4.78, 5) is 11.0. The molecule has 0 amide bonds. The molecule has 0 aliphatic heterocycles. The summed E-state index contributed by atoms with van der Waals surface area (Å²) in [5.41, 5.74) is 6.37. The first kappa shape index (κ1) is 14.3. The number of anilines is 2. The standard InChI is InChI=1S/C11H16N2O4S/c1-2-18(16,17)6-5-13-10-7-8(12)3-4-9(10)11(14)15/h3-4,7,13H,2,5-6,12H2,1H3,(H,14,15). The Morgan fingerprint density at radius 2 is 2.11 bits per heavy atom. The molecule has 0 aromatic heterocycles. The van der Waals surface area contributed by atoms with Crippen LogP contribution >= 0.6 is 0 Å². The molecule has 100 valence electrons. The van der Waals surface area contributed by atoms with E-state index in [2.05, 4.69) is 5.32 Å². The fourth-order valence-electron chi connectivity index (χ4n) is 1.38. The van der Waals surface area contributed by atoms with Crippen LogP contribution in [0.1, 0.15) is 17.3 Å². The van der Waals surface area contributed by atoms with E-state index in [0.717, 1.165) is 0 Å². The van der Waals surface area contributed by atoms with E-state index in [-0.39, 0.29) is 23.6 Å². The molecule has 0 saturated heterocycles. The lowest BCUT2D eigenvalue weighted by atomic mass is 10.1. The summed E-state index contributed by atoms with van der Waals surface area (Å²) >= 11 is 0. The van der Waals surface area contributed by atoms with Gasteiger partial charge in [-0.1, -0.05) is 6.92 Å². The van der Waals surface area contributed by atoms with Crippen LogP contribution in [-0.2, 0) is 9.84 Å². The van der Waals surface area contributed by atoms with Gasteiger partial charge in [0.15, 0.2) is 9.84 Å². The van der Waals surface area contributed by atoms with Crippen LogP contribution in [0.2, 0.25) is 0 Å². The number of benzene rings is 1. The molecule has 0 unspecified atom stereocenters. The van der Waals surface area contributed by atoms with Gasteiger partial charge in [-0.3, -0.25) is 0 Å². The van der Waals surface area contributed by atoms with E-state index < -0.39 is 15.8 Å². The monoisotopic (exact) mass is 272 g/mol. The predicted molar refractivity (Wildman–Crippen MR) is 70.6 cm³/mol. The molecule has 0 saturated carbocycles. The Kier molecular flexibility index (Phi) is 4.55. The number of sulfone groups is 1. The lowest BCUT2D eigenvalue weighted by molar-refractivity contribution is 0.0698. The molecule has 0 heterocycles. The van der Waals surface area contributed by atoms with Crippen molar-refractivity contribution in [2.75, 3.05) is 29.1 Å². The topological polar surface area (TPSA) is 109 Å². The minimum absolute atomic E-state index is 0.0443. The van der Waals surface area contributed by atoms with Crippen LogP contribution in [0.5, 0.6) is 0 Å². The summed E-state index contributed by atoms with van der Waals surface area (Å²) < 4.78 is 22.6. The number of rotatable bonds is 6. The molecule has 18 heavy (non-hydrogen) atoms. The minimum Gasteiger partial charge on any atom is -0.478 e. The lowest BCUT2D eigenvalue weighted by Crippen LogP contribution is -2.18. The van der Waals surface area contributed by atoms with Crippen molar-refractivity contribution in [1.29, 1.82) is 0 Å². The highest BCUT2D eigenvalue weighted by molar-refractivity contribution is 7.91. The van der Waals surface area contributed by atoms with Crippen LogP contribution in [0, 0.1) is 0 Å². The summed E-state index contributed by atoms with van der Waals surface area (Å²) in [5.74, 6) is -1.06. The Balaban J connectivity index is 2.78. The summed E-state index contributed by atoms with van der Waals surface area (Å²) in [6.07, 6.45) is 0. The van der Waals surface area contributed by atoms with Crippen molar-refractivity contribution in [3.05, 3.63) is 23.8 Å². The molecule has 0 bridgehead atoms. The molecule has 0 radical (unpaired) electrons. The van der Waals surface area contributed by atoms with E-state index in [1.807, 2.05) is 0 Å². The fraction of sp³-hybridized carbons (Fsp3) is 0.364. The van der Waals surface area contributed by atoms with Crippen LogP contribution in [0.3, 0.4) is 0 Å². The molecule has 1 aromatic rings. The van der Waals surface area contributed by atoms with Gasteiger partial charge in [-0.2, -0.15) is 0 Å². The second-order valence-corrected chi connectivity index (χ2v) is 6.25. The van der Waals surface area contributed by atoms with Gasteiger partial charge in [0, 0.05) is 18.0 Å². The molecular weight excluding hydrogens is 256 g/mol. The van der Waals surface area contributed by atoms with Crippen molar-refractivity contribution in [3.8, 4) is 0 Å². The third-order valence-electron chi connectivity index (χ3n) is 2.44. The molecular formula is C11H16N2O4S. The van der Waals surface area contributed by atoms with Crippen LogP contribution in [-0.4, -0.2) is 37.5 Å². The van der Waals surface area contributed by atoms with Gasteiger partial charge in [-0.15, -0.1) is 0 Å². The Hall–Kier alpha value is -1.76. The van der Waals surface area contributed by atoms with Crippen LogP contribution in [0.4, 0.5) is 11.4 Å². The number of hydrogen-bond donors (Lipinski definition) is 3. The second kappa shape index (κ2) is 5.72. The van der Waals surface area contributed by atoms with Crippen molar-refractivity contribution in [3.63, 3.8) is 0 Å². The van der Waals surface area contributed by atoms with Gasteiger partial charge in [-0.05, 0) is 18.2 Å². The van der Waals surface area contributed by atoms with E-state index in [0.29, 0.717) is 11.4 Å². The SMILES string of the molecule is CCS(=O)(=O)CCNc1cc(N)ccc1C(=O)O. The zero-order chi connectivity index (χ0) is 13.8. The number of aromatic carboxylic acids is 1. The van der Waals surface area contributed by atoms with Crippen molar-refractivity contribution < 1.29 is 18.3 Å². The molecule has 4 N–H and O–H groups in total. The highest BCUT2D eigenvalue weighted by atomic mass is 32.2. The largest absolute Gasteiger partial charge is 0.478 e. The van der Waals surface area contributed by atoms with Crippen molar-refractivity contribution in [2.24, 2.45) is 0 Å². The van der Waals surface area contributed by atoms with Gasteiger partial charge < -0.3 is 16.2 Å². The maximum atomic E-state index is 11.3. The molecule has 7 heteroatoms. The summed E-state index contributed by atoms with van der Waals surface area (Å²) in [6.45, 7) is 1.72. The first-order valence-corrected chi connectivity index (χ1v) is 7.25. The number of carboxylic acids is 1. The Morgan fingerprint density at radius 3 is 2.67 bits per heavy atom. The zero-order valence-corrected chi connectivity index (χ0v) is 10.8. The minimum atomic E-state index is -3.07. The van der Waals surface area contributed by atoms with Crippen molar-refractivity contribution in [2.45, 2.75) is 6.92 Å². The zero-order valence-electron chi connectivity index (χ0n) is 10.0. The molecule has 1 aromatic carbocycles. The van der Waals surface area contributed by atoms with Crippen molar-refractivity contribution >= 4 is 27.2 Å². The molecule has 0 aliphatic rings. The van der Waals surface area contributed by atoms with Gasteiger partial charge in [0.05, 0.1) is 17.0 Å². The molecule has 1 rings (SSSR count). The maximum Gasteiger partial charge on any atom is 0.337 e. The van der Waals surface area contributed by atoms with Gasteiger partial charge in [-0.25, -0.2) is 13.2 Å². The third kappa shape index (κ3) is 3.92. The van der Waals surface area contributed by atoms with E-state index in [4.69, 9.17) is 10.8 Å². The Morgan fingerprint density at radius 1 is 1.44 bits per heavy atom. The Labute approximate surface area is 106 Å². The third-order valence-corrected chi connectivity index (χ3v) is 4.15. The lowest BCUT2D eigenvalue weighted by Gasteiger charge is -2.10. The van der Waals surface area contributed by atoms with E-state index in [9.17, 15) is 13.2 Å². The quantitative estimate of drug-likeness (QED) is 0.661. The average molecular weight is 272 g/mol. The van der Waals surface area contributed by atoms with Gasteiger partial charge in [0.1, 0.15) is 0 Å². The first-order chi connectivity index (χ1) is 8.35. The number of nitrogens with one attached hydrogen (secondary N) is 1. The smallest absolute Gasteiger partial charge is 0.337 e. The number of nitrogens with two attached hydrogens (primary N) is 1. The molecule has 6 nitrogen and oxygen atoms in total. The summed E-state index contributed by atoms with van der Waals surface area (Å²) in [7, 11) is -3.07. The fourth-order valence-corrected chi connectivity index (χ4v) is 2.08.